The number of carbonyl (C=O) groups is 3. The molecule has 2 aliphatic carbocycles. The van der Waals surface area contributed by atoms with E-state index >= 15 is 0 Å². The highest BCUT2D eigenvalue weighted by atomic mass is 35.5. The highest BCUT2D eigenvalue weighted by molar-refractivity contribution is 6.30. The number of rotatable bonds is 8. The van der Waals surface area contributed by atoms with E-state index in [4.69, 9.17) is 27.9 Å². The number of nitrogens with one attached hydrogen (secondary N) is 1. The Morgan fingerprint density at radius 1 is 1.24 bits per heavy atom. The maximum Gasteiger partial charge on any atom is 0.328 e. The molecule has 1 amide bonds. The number of methoxy groups -OCH3 is 1. The van der Waals surface area contributed by atoms with E-state index in [1.54, 1.807) is 27.1 Å². The van der Waals surface area contributed by atoms with Crippen molar-refractivity contribution >= 4 is 41.0 Å². The van der Waals surface area contributed by atoms with Crippen LogP contribution in [0.3, 0.4) is 0 Å². The van der Waals surface area contributed by atoms with Crippen LogP contribution in [0.4, 0.5) is 0 Å². The third-order valence-electron chi connectivity index (χ3n) is 8.19. The molecule has 0 radical (unpaired) electrons. The Labute approximate surface area is 210 Å². The normalized spacial score (nSPS) is 31.6. The van der Waals surface area contributed by atoms with E-state index in [9.17, 15) is 19.5 Å². The maximum atomic E-state index is 13.2. The molecule has 0 saturated heterocycles. The molecule has 190 valence electrons. The highest BCUT2D eigenvalue weighted by Gasteiger charge is 2.58. The van der Waals surface area contributed by atoms with Gasteiger partial charge in [-0.15, -0.1) is 23.2 Å². The Hall–Kier alpha value is -1.80. The van der Waals surface area contributed by atoms with Crippen molar-refractivity contribution in [1.82, 2.24) is 14.9 Å². The molecule has 1 aromatic heterocycles. The lowest BCUT2D eigenvalue weighted by Gasteiger charge is -2.38. The smallest absolute Gasteiger partial charge is 0.328 e. The molecule has 2 N–H and O–H groups in total. The Balaban J connectivity index is 1.65. The van der Waals surface area contributed by atoms with Crippen molar-refractivity contribution in [3.63, 3.8) is 0 Å². The van der Waals surface area contributed by atoms with Crippen molar-refractivity contribution in [2.45, 2.75) is 82.6 Å². The fourth-order valence-corrected chi connectivity index (χ4v) is 6.00. The average molecular weight is 516 g/mol. The predicted octanol–water partition coefficient (Wildman–Crippen LogP) is 3.63. The topological polar surface area (TPSA) is 111 Å². The molecule has 2 saturated carbocycles. The molecule has 34 heavy (non-hydrogen) atoms. The van der Waals surface area contributed by atoms with Gasteiger partial charge in [0.05, 0.1) is 29.9 Å². The van der Waals surface area contributed by atoms with Gasteiger partial charge in [-0.3, -0.25) is 9.59 Å². The number of aliphatic carboxylic acids is 1. The van der Waals surface area contributed by atoms with E-state index in [2.05, 4.69) is 10.3 Å². The molecule has 0 aliphatic heterocycles. The number of carboxylic acid groups (broad SMARTS) is 1. The zero-order chi connectivity index (χ0) is 25.3. The fraction of sp³-hybridized carbons (Fsp3) is 0.750. The van der Waals surface area contributed by atoms with Gasteiger partial charge in [0.25, 0.3) is 0 Å². The van der Waals surface area contributed by atoms with Gasteiger partial charge < -0.3 is 19.7 Å². The minimum absolute atomic E-state index is 0.0129. The van der Waals surface area contributed by atoms with Crippen molar-refractivity contribution in [2.75, 3.05) is 7.11 Å². The summed E-state index contributed by atoms with van der Waals surface area (Å²) < 4.78 is 6.90. The van der Waals surface area contributed by atoms with Gasteiger partial charge in [-0.25, -0.2) is 9.78 Å². The standard InChI is InChI=1S/C24H35Cl2N3O5/c1-23(2)16(7-8-24(23,3)22(32)33)20(30)28-19(21(31)34-4)10-15-12-29(13-27-15)11-14-5-6-17(25)18(26)9-14/h12-14,16-19H,5-11H2,1-4H3,(H,28,30)(H,32,33)/t14?,16-,17?,18?,19-,24+/m1/s1. The zero-order valence-electron chi connectivity index (χ0n) is 20.2. The van der Waals surface area contributed by atoms with Crippen LogP contribution < -0.4 is 5.32 Å². The monoisotopic (exact) mass is 515 g/mol. The first-order valence-corrected chi connectivity index (χ1v) is 12.7. The number of nitrogens with zero attached hydrogens (tertiary/aromatic N) is 2. The molecule has 0 aromatic carbocycles. The van der Waals surface area contributed by atoms with Gasteiger partial charge in [0.1, 0.15) is 6.04 Å². The van der Waals surface area contributed by atoms with E-state index in [0.29, 0.717) is 24.5 Å². The molecule has 3 unspecified atom stereocenters. The van der Waals surface area contributed by atoms with Crippen LogP contribution in [0.1, 0.15) is 58.6 Å². The second-order valence-electron chi connectivity index (χ2n) is 10.5. The van der Waals surface area contributed by atoms with Gasteiger partial charge in [-0.05, 0) is 50.4 Å². The highest BCUT2D eigenvalue weighted by Crippen LogP contribution is 2.56. The lowest BCUT2D eigenvalue weighted by Crippen LogP contribution is -2.50. The number of ether oxygens (including phenoxy) is 1. The molecule has 1 heterocycles. The molecule has 6 atom stereocenters. The van der Waals surface area contributed by atoms with Crippen molar-refractivity contribution in [1.29, 1.82) is 0 Å². The van der Waals surface area contributed by atoms with Crippen molar-refractivity contribution in [2.24, 2.45) is 22.7 Å². The van der Waals surface area contributed by atoms with E-state index in [0.717, 1.165) is 25.8 Å². The Bertz CT molecular complexity index is 920. The minimum Gasteiger partial charge on any atom is -0.481 e. The van der Waals surface area contributed by atoms with Gasteiger partial charge in [0.15, 0.2) is 0 Å². The van der Waals surface area contributed by atoms with E-state index in [-0.39, 0.29) is 23.1 Å². The summed E-state index contributed by atoms with van der Waals surface area (Å²) in [6, 6.07) is -0.910. The number of hydrogen-bond donors (Lipinski definition) is 2. The number of hydrogen-bond acceptors (Lipinski definition) is 5. The summed E-state index contributed by atoms with van der Waals surface area (Å²) >= 11 is 12.5. The summed E-state index contributed by atoms with van der Waals surface area (Å²) in [4.78, 5) is 41.9. The third-order valence-corrected chi connectivity index (χ3v) is 9.32. The fourth-order valence-electron chi connectivity index (χ4n) is 5.39. The van der Waals surface area contributed by atoms with Crippen molar-refractivity contribution in [3.8, 4) is 0 Å². The number of esters is 1. The van der Waals surface area contributed by atoms with Crippen LogP contribution in [-0.4, -0.2) is 56.4 Å². The van der Waals surface area contributed by atoms with Gasteiger partial charge in [-0.2, -0.15) is 0 Å². The first-order chi connectivity index (χ1) is 15.9. The lowest BCUT2D eigenvalue weighted by atomic mass is 9.65. The van der Waals surface area contributed by atoms with E-state index in [1.807, 2.05) is 10.8 Å². The number of carboxylic acids is 1. The number of carbonyl (C=O) groups excluding carboxylic acids is 2. The summed E-state index contributed by atoms with van der Waals surface area (Å²) in [5.74, 6) is -1.94. The van der Waals surface area contributed by atoms with Crippen LogP contribution in [0.25, 0.3) is 0 Å². The van der Waals surface area contributed by atoms with Crippen LogP contribution in [0.2, 0.25) is 0 Å². The molecule has 3 rings (SSSR count). The maximum absolute atomic E-state index is 13.2. The van der Waals surface area contributed by atoms with Crippen molar-refractivity contribution < 1.29 is 24.2 Å². The lowest BCUT2D eigenvalue weighted by molar-refractivity contribution is -0.156. The van der Waals surface area contributed by atoms with Crippen LogP contribution in [0.15, 0.2) is 12.5 Å². The number of halogens is 2. The SMILES string of the molecule is COC(=O)[C@@H](Cc1cn(CC2CCC(Cl)C(Cl)C2)cn1)NC(=O)[C@H]1CC[C@@](C)(C(=O)O)C1(C)C. The Kier molecular flexibility index (Phi) is 8.23. The molecule has 2 aliphatic rings. The molecule has 8 nitrogen and oxygen atoms in total. The molecule has 10 heteroatoms. The largest absolute Gasteiger partial charge is 0.481 e. The molecular formula is C24H35Cl2N3O5. The predicted molar refractivity (Wildman–Crippen MR) is 129 cm³/mol. The quantitative estimate of drug-likeness (QED) is 0.404. The molecule has 1 aromatic rings. The first kappa shape index (κ1) is 26.8. The zero-order valence-corrected chi connectivity index (χ0v) is 21.7. The summed E-state index contributed by atoms with van der Waals surface area (Å²) in [7, 11) is 1.27. The minimum atomic E-state index is -1.01. The second-order valence-corrected chi connectivity index (χ2v) is 11.6. The van der Waals surface area contributed by atoms with Crippen LogP contribution >= 0.6 is 23.2 Å². The molecular weight excluding hydrogens is 481 g/mol. The average Bonchev–Trinajstić information content (AvgIpc) is 3.31. The molecule has 0 bridgehead atoms. The van der Waals surface area contributed by atoms with Gasteiger partial charge in [0.2, 0.25) is 5.91 Å². The summed E-state index contributed by atoms with van der Waals surface area (Å²) in [6.07, 6.45) is 7.34. The van der Waals surface area contributed by atoms with Crippen LogP contribution in [-0.2, 0) is 32.1 Å². The van der Waals surface area contributed by atoms with Crippen LogP contribution in [0.5, 0.6) is 0 Å². The number of aromatic nitrogens is 2. The Morgan fingerprint density at radius 3 is 2.53 bits per heavy atom. The van der Waals surface area contributed by atoms with Crippen LogP contribution in [0, 0.1) is 22.7 Å². The van der Waals surface area contributed by atoms with Crippen molar-refractivity contribution in [3.05, 3.63) is 18.2 Å². The molecule has 0 spiro atoms. The summed E-state index contributed by atoms with van der Waals surface area (Å²) in [5, 5.41) is 12.5. The number of imidazole rings is 1. The first-order valence-electron chi connectivity index (χ1n) is 11.8. The number of alkyl halides is 2. The second kappa shape index (κ2) is 10.4. The van der Waals surface area contributed by atoms with E-state index < -0.39 is 34.7 Å². The third kappa shape index (κ3) is 5.38. The molecule has 2 fully saturated rings. The summed E-state index contributed by atoms with van der Waals surface area (Å²) in [6.45, 7) is 6.05. The van der Waals surface area contributed by atoms with Gasteiger partial charge in [-0.1, -0.05) is 13.8 Å². The van der Waals surface area contributed by atoms with E-state index in [1.165, 1.54) is 7.11 Å². The number of amides is 1. The van der Waals surface area contributed by atoms with Gasteiger partial charge >= 0.3 is 11.9 Å². The summed E-state index contributed by atoms with van der Waals surface area (Å²) in [5.41, 5.74) is -1.13. The van der Waals surface area contributed by atoms with Gasteiger partial charge in [0, 0.05) is 30.5 Å². The Morgan fingerprint density at radius 2 is 1.94 bits per heavy atom.